The quantitative estimate of drug-likeness (QED) is 0.563. The van der Waals surface area contributed by atoms with Crippen LogP contribution in [-0.2, 0) is 0 Å². The van der Waals surface area contributed by atoms with Gasteiger partial charge < -0.3 is 11.1 Å². The molecule has 0 radical (unpaired) electrons. The molecule has 3 N–H and O–H groups in total. The molecule has 0 atom stereocenters. The summed E-state index contributed by atoms with van der Waals surface area (Å²) in [5.41, 5.74) is 10.8. The molecule has 30 heavy (non-hydrogen) atoms. The number of fused-ring (bicyclic) bond motifs is 1. The van der Waals surface area contributed by atoms with Gasteiger partial charge >= 0.3 is 0 Å². The number of aliphatic imine (C=N–C) groups is 1. The van der Waals surface area contributed by atoms with Crippen LogP contribution in [0.3, 0.4) is 0 Å². The number of hydrogen-bond donors (Lipinski definition) is 2. The number of nitrogens with two attached hydrogens (primary N) is 1. The first-order valence-corrected chi connectivity index (χ1v) is 11.3. The van der Waals surface area contributed by atoms with E-state index in [1.54, 1.807) is 18.4 Å². The summed E-state index contributed by atoms with van der Waals surface area (Å²) in [5, 5.41) is 13.9. The van der Waals surface area contributed by atoms with E-state index in [-0.39, 0.29) is 0 Å². The minimum Gasteiger partial charge on any atom is -0.401 e. The van der Waals surface area contributed by atoms with Crippen molar-refractivity contribution >= 4 is 45.1 Å². The molecule has 3 heterocycles. The zero-order valence-electron chi connectivity index (χ0n) is 17.0. The lowest BCUT2D eigenvalue weighted by atomic mass is 10.0. The van der Waals surface area contributed by atoms with Gasteiger partial charge in [0.25, 0.3) is 0 Å². The first-order chi connectivity index (χ1) is 14.7. The third-order valence-corrected chi connectivity index (χ3v) is 6.82. The van der Waals surface area contributed by atoms with Gasteiger partial charge in [-0.05, 0) is 49.8 Å². The Morgan fingerprint density at radius 2 is 2.00 bits per heavy atom. The summed E-state index contributed by atoms with van der Waals surface area (Å²) < 4.78 is 0. The summed E-state index contributed by atoms with van der Waals surface area (Å²) >= 11 is 1.63. The van der Waals surface area contributed by atoms with Crippen LogP contribution in [-0.4, -0.2) is 33.4 Å². The third-order valence-electron chi connectivity index (χ3n) is 5.81. The molecule has 154 valence electrons. The van der Waals surface area contributed by atoms with Crippen LogP contribution in [0.25, 0.3) is 16.6 Å². The normalized spacial score (nSPS) is 18.3. The van der Waals surface area contributed by atoms with Crippen LogP contribution >= 0.6 is 11.3 Å². The van der Waals surface area contributed by atoms with Crippen molar-refractivity contribution in [3.8, 4) is 0 Å². The average molecular weight is 420 g/mol. The summed E-state index contributed by atoms with van der Waals surface area (Å²) in [6.45, 7) is 0. The van der Waals surface area contributed by atoms with Gasteiger partial charge in [0, 0.05) is 42.2 Å². The predicted molar refractivity (Wildman–Crippen MR) is 122 cm³/mol. The van der Waals surface area contributed by atoms with Crippen molar-refractivity contribution in [2.45, 2.75) is 44.4 Å². The van der Waals surface area contributed by atoms with Crippen LogP contribution in [0, 0.1) is 5.92 Å². The predicted octanol–water partition coefficient (Wildman–Crippen LogP) is 4.66. The Kier molecular flexibility index (Phi) is 5.16. The maximum atomic E-state index is 6.39. The van der Waals surface area contributed by atoms with Gasteiger partial charge in [0.05, 0.1) is 11.0 Å². The molecule has 0 unspecified atom stereocenters. The van der Waals surface area contributed by atoms with Crippen molar-refractivity contribution < 1.29 is 0 Å². The zero-order valence-corrected chi connectivity index (χ0v) is 17.8. The lowest BCUT2D eigenvalue weighted by Crippen LogP contribution is -2.06. The highest BCUT2D eigenvalue weighted by molar-refractivity contribution is 7.15. The first-order valence-electron chi connectivity index (χ1n) is 10.5. The second kappa shape index (κ2) is 8.10. The number of nitrogens with one attached hydrogen (secondary N) is 1. The molecule has 2 saturated carbocycles. The molecule has 8 heteroatoms. The summed E-state index contributed by atoms with van der Waals surface area (Å²) in [7, 11) is 1.76. The number of aromatic nitrogens is 4. The van der Waals surface area contributed by atoms with E-state index in [1.165, 1.54) is 25.7 Å². The number of allylic oxidation sites excluding steroid dienone is 2. The molecule has 2 aliphatic rings. The summed E-state index contributed by atoms with van der Waals surface area (Å²) in [6, 6.07) is 5.92. The van der Waals surface area contributed by atoms with Crippen molar-refractivity contribution in [3.05, 3.63) is 40.7 Å². The Morgan fingerprint density at radius 3 is 2.77 bits per heavy atom. The molecule has 0 spiro atoms. The molecular weight excluding hydrogens is 394 g/mol. The van der Waals surface area contributed by atoms with Crippen LogP contribution < -0.4 is 11.1 Å². The summed E-state index contributed by atoms with van der Waals surface area (Å²) in [5.74, 6) is 1.76. The van der Waals surface area contributed by atoms with Gasteiger partial charge in [-0.3, -0.25) is 9.98 Å². The van der Waals surface area contributed by atoms with Gasteiger partial charge in [-0.1, -0.05) is 24.2 Å². The summed E-state index contributed by atoms with van der Waals surface area (Å²) in [6.07, 6.45) is 11.0. The fourth-order valence-electron chi connectivity index (χ4n) is 4.01. The molecule has 3 aromatic rings. The second-order valence-corrected chi connectivity index (χ2v) is 9.05. The Morgan fingerprint density at radius 1 is 1.17 bits per heavy atom. The molecule has 0 aromatic carbocycles. The van der Waals surface area contributed by atoms with Crippen molar-refractivity contribution in [1.82, 2.24) is 20.2 Å². The SMILES string of the molecule is CN=CC(=C(N)C1CC1)c1cnc2ccc(Nc3nnc(C4CCCC4)s3)nc2c1. The van der Waals surface area contributed by atoms with Crippen LogP contribution in [0.1, 0.15) is 55.0 Å². The fraction of sp³-hybridized carbons (Fsp3) is 0.409. The van der Waals surface area contributed by atoms with Gasteiger partial charge in [0.15, 0.2) is 0 Å². The van der Waals surface area contributed by atoms with E-state index in [1.807, 2.05) is 30.6 Å². The Labute approximate surface area is 179 Å². The maximum Gasteiger partial charge on any atom is 0.211 e. The minimum absolute atomic E-state index is 0.459. The lowest BCUT2D eigenvalue weighted by molar-refractivity contribution is 0.705. The van der Waals surface area contributed by atoms with E-state index < -0.39 is 0 Å². The largest absolute Gasteiger partial charge is 0.401 e. The van der Waals surface area contributed by atoms with E-state index in [9.17, 15) is 0 Å². The Bertz CT molecular complexity index is 1120. The van der Waals surface area contributed by atoms with Crippen molar-refractivity contribution in [3.63, 3.8) is 0 Å². The van der Waals surface area contributed by atoms with Crippen molar-refractivity contribution in [2.75, 3.05) is 12.4 Å². The van der Waals surface area contributed by atoms with E-state index in [0.717, 1.165) is 56.7 Å². The fourth-order valence-corrected chi connectivity index (χ4v) is 4.93. The van der Waals surface area contributed by atoms with Crippen molar-refractivity contribution in [2.24, 2.45) is 16.6 Å². The van der Waals surface area contributed by atoms with Gasteiger partial charge in [0.1, 0.15) is 10.8 Å². The molecule has 2 fully saturated rings. The zero-order chi connectivity index (χ0) is 20.5. The monoisotopic (exact) mass is 419 g/mol. The van der Waals surface area contributed by atoms with Gasteiger partial charge in [-0.25, -0.2) is 4.98 Å². The number of nitrogens with zero attached hydrogens (tertiary/aromatic N) is 5. The third kappa shape index (κ3) is 3.92. The topological polar surface area (TPSA) is 102 Å². The number of anilines is 2. The highest BCUT2D eigenvalue weighted by Crippen LogP contribution is 2.38. The molecule has 0 saturated heterocycles. The minimum atomic E-state index is 0.459. The molecule has 0 bridgehead atoms. The Hall–Kier alpha value is -2.87. The average Bonchev–Trinajstić information content (AvgIpc) is 3.26. The van der Waals surface area contributed by atoms with E-state index in [4.69, 9.17) is 10.7 Å². The number of hydrogen-bond acceptors (Lipinski definition) is 8. The molecular formula is C22H25N7S. The number of rotatable bonds is 6. The lowest BCUT2D eigenvalue weighted by Gasteiger charge is -2.09. The highest BCUT2D eigenvalue weighted by atomic mass is 32.1. The standard InChI is InChI=1S/C22H25N7S/c1-24-12-16(20(23)13-6-7-13)15-10-18-17(25-11-15)8-9-19(26-18)27-22-29-28-21(30-22)14-4-2-3-5-14/h8-14H,2-7,23H2,1H3,(H,26,27,29). The van der Waals surface area contributed by atoms with E-state index in [2.05, 4.69) is 25.5 Å². The highest BCUT2D eigenvalue weighted by Gasteiger charge is 2.26. The smallest absolute Gasteiger partial charge is 0.211 e. The molecule has 7 nitrogen and oxygen atoms in total. The van der Waals surface area contributed by atoms with Crippen LogP contribution in [0.15, 0.2) is 35.1 Å². The van der Waals surface area contributed by atoms with Crippen LogP contribution in [0.5, 0.6) is 0 Å². The molecule has 0 amide bonds. The number of pyridine rings is 2. The van der Waals surface area contributed by atoms with Gasteiger partial charge in [-0.2, -0.15) is 0 Å². The van der Waals surface area contributed by atoms with Gasteiger partial charge in [-0.15, -0.1) is 10.2 Å². The molecule has 3 aromatic heterocycles. The second-order valence-electron chi connectivity index (χ2n) is 8.04. The van der Waals surface area contributed by atoms with Crippen molar-refractivity contribution in [1.29, 1.82) is 0 Å². The first kappa shape index (κ1) is 19.1. The van der Waals surface area contributed by atoms with E-state index >= 15 is 0 Å². The summed E-state index contributed by atoms with van der Waals surface area (Å²) in [4.78, 5) is 13.5. The molecule has 5 rings (SSSR count). The molecule has 0 aliphatic heterocycles. The maximum absolute atomic E-state index is 6.39. The Balaban J connectivity index is 1.43. The van der Waals surface area contributed by atoms with Gasteiger partial charge in [0.2, 0.25) is 5.13 Å². The van der Waals surface area contributed by atoms with Crippen LogP contribution in [0.4, 0.5) is 10.9 Å². The van der Waals surface area contributed by atoms with E-state index in [0.29, 0.717) is 11.8 Å². The van der Waals surface area contributed by atoms with Crippen LogP contribution in [0.2, 0.25) is 0 Å². The molecule has 2 aliphatic carbocycles.